The number of anilines is 2. The highest BCUT2D eigenvalue weighted by molar-refractivity contribution is 7.15. The Morgan fingerprint density at radius 1 is 1.24 bits per heavy atom. The molecular weight excluding hydrogens is 360 g/mol. The van der Waals surface area contributed by atoms with Crippen LogP contribution in [-0.4, -0.2) is 36.3 Å². The molecule has 0 atom stereocenters. The number of rotatable bonds is 5. The molecular formula is C17H17ClN4O2S. The molecule has 0 radical (unpaired) electrons. The van der Waals surface area contributed by atoms with E-state index in [2.05, 4.69) is 38.4 Å². The molecule has 1 saturated heterocycles. The van der Waals surface area contributed by atoms with Crippen LogP contribution in [0, 0.1) is 0 Å². The van der Waals surface area contributed by atoms with Crippen LogP contribution in [0.15, 0.2) is 41.4 Å². The predicted molar refractivity (Wildman–Crippen MR) is 99.4 cm³/mol. The van der Waals surface area contributed by atoms with Gasteiger partial charge in [0, 0.05) is 29.7 Å². The number of oxazole rings is 1. The van der Waals surface area contributed by atoms with Crippen molar-refractivity contribution in [1.29, 1.82) is 0 Å². The second-order valence-electron chi connectivity index (χ2n) is 5.63. The molecule has 3 aromatic rings. The second kappa shape index (κ2) is 7.43. The number of morpholine rings is 1. The summed E-state index contributed by atoms with van der Waals surface area (Å²) in [5.41, 5.74) is 3.18. The molecule has 6 nitrogen and oxygen atoms in total. The van der Waals surface area contributed by atoms with Crippen LogP contribution in [0.4, 0.5) is 11.4 Å². The van der Waals surface area contributed by atoms with Crippen LogP contribution in [0.5, 0.6) is 0 Å². The zero-order chi connectivity index (χ0) is 17.1. The summed E-state index contributed by atoms with van der Waals surface area (Å²) in [5, 5.41) is 3.51. The van der Waals surface area contributed by atoms with Crippen LogP contribution in [0.1, 0.15) is 4.88 Å². The summed E-state index contributed by atoms with van der Waals surface area (Å²) in [7, 11) is 0. The van der Waals surface area contributed by atoms with Gasteiger partial charge < -0.3 is 19.4 Å². The fourth-order valence-electron chi connectivity index (χ4n) is 2.82. The molecule has 0 amide bonds. The number of nitrogens with zero attached hydrogens (tertiary/aromatic N) is 3. The highest BCUT2D eigenvalue weighted by Crippen LogP contribution is 2.33. The van der Waals surface area contributed by atoms with Gasteiger partial charge in [-0.15, -0.1) is 11.3 Å². The average Bonchev–Trinajstić information content (AvgIpc) is 3.32. The molecule has 0 saturated carbocycles. The molecule has 3 heterocycles. The third kappa shape index (κ3) is 3.78. The van der Waals surface area contributed by atoms with Crippen molar-refractivity contribution >= 4 is 34.3 Å². The first kappa shape index (κ1) is 16.4. The fraction of sp³-hybridized carbons (Fsp3) is 0.294. The van der Waals surface area contributed by atoms with E-state index in [1.165, 1.54) is 17.7 Å². The minimum atomic E-state index is 0.556. The summed E-state index contributed by atoms with van der Waals surface area (Å²) in [6.45, 7) is 3.91. The molecule has 130 valence electrons. The van der Waals surface area contributed by atoms with Crippen molar-refractivity contribution in [2.75, 3.05) is 36.5 Å². The average molecular weight is 377 g/mol. The van der Waals surface area contributed by atoms with Crippen LogP contribution in [0.3, 0.4) is 0 Å². The molecule has 25 heavy (non-hydrogen) atoms. The lowest BCUT2D eigenvalue weighted by Crippen LogP contribution is -2.36. The monoisotopic (exact) mass is 376 g/mol. The fourth-order valence-corrected chi connectivity index (χ4v) is 3.73. The van der Waals surface area contributed by atoms with Gasteiger partial charge >= 0.3 is 0 Å². The number of hydrogen-bond acceptors (Lipinski definition) is 7. The van der Waals surface area contributed by atoms with Gasteiger partial charge in [-0.2, -0.15) is 0 Å². The van der Waals surface area contributed by atoms with Crippen molar-refractivity contribution in [3.63, 3.8) is 0 Å². The van der Waals surface area contributed by atoms with Gasteiger partial charge in [-0.1, -0.05) is 11.6 Å². The lowest BCUT2D eigenvalue weighted by molar-refractivity contribution is 0.123. The lowest BCUT2D eigenvalue weighted by Gasteiger charge is -2.31. The summed E-state index contributed by atoms with van der Waals surface area (Å²) < 4.78 is 11.5. The number of ether oxygens (including phenoxy) is 1. The Labute approximate surface area is 154 Å². The molecule has 8 heteroatoms. The Morgan fingerprint density at radius 2 is 2.12 bits per heavy atom. The van der Waals surface area contributed by atoms with Crippen molar-refractivity contribution in [2.24, 2.45) is 0 Å². The topological polar surface area (TPSA) is 63.4 Å². The van der Waals surface area contributed by atoms with E-state index in [-0.39, 0.29) is 0 Å². The van der Waals surface area contributed by atoms with Crippen LogP contribution in [0.25, 0.3) is 11.3 Å². The van der Waals surface area contributed by atoms with Gasteiger partial charge in [-0.05, 0) is 18.2 Å². The highest BCUT2D eigenvalue weighted by atomic mass is 35.5. The minimum Gasteiger partial charge on any atom is -0.444 e. The molecule has 1 fully saturated rings. The van der Waals surface area contributed by atoms with Crippen LogP contribution >= 0.6 is 22.9 Å². The maximum Gasteiger partial charge on any atom is 0.183 e. The molecule has 0 unspecified atom stereocenters. The van der Waals surface area contributed by atoms with Crippen LogP contribution in [0.2, 0.25) is 4.47 Å². The summed E-state index contributed by atoms with van der Waals surface area (Å²) in [5.74, 6) is 0.748. The molecule has 2 aromatic heterocycles. The van der Waals surface area contributed by atoms with Gasteiger partial charge in [0.1, 0.15) is 0 Å². The van der Waals surface area contributed by atoms with Crippen LogP contribution < -0.4 is 10.2 Å². The maximum atomic E-state index is 5.93. The zero-order valence-corrected chi connectivity index (χ0v) is 15.0. The number of hydrogen-bond donors (Lipinski definition) is 1. The third-order valence-electron chi connectivity index (χ3n) is 4.04. The van der Waals surface area contributed by atoms with Crippen LogP contribution in [-0.2, 0) is 11.3 Å². The number of nitrogens with one attached hydrogen (secondary N) is 1. The van der Waals surface area contributed by atoms with Gasteiger partial charge in [-0.3, -0.25) is 0 Å². The van der Waals surface area contributed by atoms with Gasteiger partial charge in [0.05, 0.1) is 37.3 Å². The van der Waals surface area contributed by atoms with E-state index < -0.39 is 0 Å². The Hall–Kier alpha value is -2.09. The van der Waals surface area contributed by atoms with E-state index in [0.717, 1.165) is 53.9 Å². The van der Waals surface area contributed by atoms with E-state index in [4.69, 9.17) is 20.8 Å². The minimum absolute atomic E-state index is 0.556. The Bertz CT molecular complexity index is 831. The van der Waals surface area contributed by atoms with Crippen molar-refractivity contribution in [3.05, 3.63) is 46.3 Å². The Morgan fingerprint density at radius 3 is 2.84 bits per heavy atom. The predicted octanol–water partition coefficient (Wildman–Crippen LogP) is 3.90. The second-order valence-corrected chi connectivity index (χ2v) is 7.33. The Balaban J connectivity index is 1.62. The zero-order valence-electron chi connectivity index (χ0n) is 13.4. The standard InChI is InChI=1S/C17H17ClN4O2S/c18-17-21-9-13(25-17)8-20-14-7-12(16-10-19-11-24-16)1-2-15(14)22-3-5-23-6-4-22/h1-2,7,9-11,20H,3-6,8H2. The summed E-state index contributed by atoms with van der Waals surface area (Å²) >= 11 is 7.41. The molecule has 1 aromatic carbocycles. The number of halogens is 1. The van der Waals surface area contributed by atoms with E-state index in [1.807, 2.05) is 0 Å². The first-order valence-electron chi connectivity index (χ1n) is 7.99. The largest absolute Gasteiger partial charge is 0.444 e. The summed E-state index contributed by atoms with van der Waals surface area (Å²) in [4.78, 5) is 11.5. The number of thiazole rings is 1. The van der Waals surface area contributed by atoms with Gasteiger partial charge in [0.15, 0.2) is 16.6 Å². The highest BCUT2D eigenvalue weighted by Gasteiger charge is 2.16. The van der Waals surface area contributed by atoms with Gasteiger partial charge in [0.2, 0.25) is 0 Å². The van der Waals surface area contributed by atoms with E-state index >= 15 is 0 Å². The lowest BCUT2D eigenvalue weighted by atomic mass is 10.1. The van der Waals surface area contributed by atoms with Crippen molar-refractivity contribution < 1.29 is 9.15 Å². The third-order valence-corrected chi connectivity index (χ3v) is 5.16. The molecule has 0 spiro atoms. The molecule has 1 aliphatic heterocycles. The normalized spacial score (nSPS) is 14.7. The molecule has 1 aliphatic rings. The summed E-state index contributed by atoms with van der Waals surface area (Å²) in [6.07, 6.45) is 4.96. The SMILES string of the molecule is Clc1ncc(CNc2cc(-c3cnco3)ccc2N2CCOCC2)s1. The van der Waals surface area contributed by atoms with E-state index in [9.17, 15) is 0 Å². The van der Waals surface area contributed by atoms with Gasteiger partial charge in [-0.25, -0.2) is 9.97 Å². The number of aromatic nitrogens is 2. The first-order chi connectivity index (χ1) is 12.3. The molecule has 0 bridgehead atoms. The van der Waals surface area contributed by atoms with Crippen molar-refractivity contribution in [3.8, 4) is 11.3 Å². The first-order valence-corrected chi connectivity index (χ1v) is 9.19. The van der Waals surface area contributed by atoms with E-state index in [1.54, 1.807) is 12.4 Å². The Kier molecular flexibility index (Phi) is 4.87. The van der Waals surface area contributed by atoms with Crippen molar-refractivity contribution in [1.82, 2.24) is 9.97 Å². The number of benzene rings is 1. The molecule has 0 aliphatic carbocycles. The quantitative estimate of drug-likeness (QED) is 0.728. The van der Waals surface area contributed by atoms with Crippen molar-refractivity contribution in [2.45, 2.75) is 6.54 Å². The maximum absolute atomic E-state index is 5.93. The smallest absolute Gasteiger partial charge is 0.183 e. The molecule has 1 N–H and O–H groups in total. The van der Waals surface area contributed by atoms with Gasteiger partial charge in [0.25, 0.3) is 0 Å². The summed E-state index contributed by atoms with van der Waals surface area (Å²) in [6, 6.07) is 6.26. The molecule has 4 rings (SSSR count). The van der Waals surface area contributed by atoms with E-state index in [0.29, 0.717) is 11.0 Å².